The third-order valence-corrected chi connectivity index (χ3v) is 7.24. The van der Waals surface area contributed by atoms with Crippen molar-refractivity contribution in [3.63, 3.8) is 0 Å². The summed E-state index contributed by atoms with van der Waals surface area (Å²) < 4.78 is 5.26. The Hall–Kier alpha value is -4.11. The quantitative estimate of drug-likeness (QED) is 0.119. The van der Waals surface area contributed by atoms with Crippen molar-refractivity contribution in [2.24, 2.45) is 5.16 Å². The van der Waals surface area contributed by atoms with Crippen LogP contribution in [0.5, 0.6) is 0 Å². The molecule has 2 aromatic rings. The number of ether oxygens (including phenoxy) is 1. The first-order valence-electron chi connectivity index (χ1n) is 10.3. The highest BCUT2D eigenvalue weighted by Crippen LogP contribution is 2.40. The number of nitrogens with two attached hydrogens (primary N) is 2. The molecule has 1 aromatic heterocycles. The molecule has 2 amide bonds. The fourth-order valence-corrected chi connectivity index (χ4v) is 5.43. The van der Waals surface area contributed by atoms with Crippen molar-refractivity contribution < 1.29 is 33.9 Å². The van der Waals surface area contributed by atoms with Crippen molar-refractivity contribution in [2.45, 2.75) is 11.4 Å². The second-order valence-corrected chi connectivity index (χ2v) is 9.50. The van der Waals surface area contributed by atoms with Crippen LogP contribution in [0, 0.1) is 0 Å². The van der Waals surface area contributed by atoms with Crippen LogP contribution in [0.3, 0.4) is 0 Å². The van der Waals surface area contributed by atoms with E-state index in [1.807, 2.05) is 0 Å². The van der Waals surface area contributed by atoms with Crippen molar-refractivity contribution >= 4 is 63.4 Å². The number of hydrogen-bond donors (Lipinski definition) is 4. The van der Waals surface area contributed by atoms with Gasteiger partial charge in [0.2, 0.25) is 0 Å². The van der Waals surface area contributed by atoms with Gasteiger partial charge in [-0.25, -0.2) is 14.6 Å². The molecule has 0 aliphatic carbocycles. The van der Waals surface area contributed by atoms with Crippen molar-refractivity contribution in [2.75, 3.05) is 30.9 Å². The van der Waals surface area contributed by atoms with E-state index in [2.05, 4.69) is 15.5 Å². The minimum atomic E-state index is -1.35. The Morgan fingerprint density at radius 1 is 1.28 bits per heavy atom. The molecule has 1 saturated heterocycles. The molecule has 36 heavy (non-hydrogen) atoms. The van der Waals surface area contributed by atoms with Gasteiger partial charge in [0.05, 0.1) is 5.56 Å². The molecule has 3 heterocycles. The highest BCUT2D eigenvalue weighted by atomic mass is 32.2. The van der Waals surface area contributed by atoms with Crippen molar-refractivity contribution in [1.29, 1.82) is 0 Å². The largest absolute Gasteiger partial charge is 0.477 e. The molecule has 2 aliphatic heterocycles. The number of carboxylic acid groups (broad SMARTS) is 1. The van der Waals surface area contributed by atoms with E-state index in [4.69, 9.17) is 21.0 Å². The average molecular weight is 533 g/mol. The molecule has 4 rings (SSSR count). The standard InChI is InChI=1S/C21H20N6O7S2/c1-33-26-13(12-8-36-21(23)24-12)16(28)25-14-17(29)27-15(19(30)31)10(7-35-18(14)27)6-34-20(32)9-2-4-11(22)5-3-9/h2-5,8,14,18H,6-7,22H2,1H3,(H2,23,24)(H,25,28)(H,30,31)/t14?,18-/m1/s1. The molecule has 1 fully saturated rings. The second-order valence-electron chi connectivity index (χ2n) is 7.51. The lowest BCUT2D eigenvalue weighted by Crippen LogP contribution is -2.71. The maximum absolute atomic E-state index is 12.9. The number of fused-ring (bicyclic) bond motifs is 1. The van der Waals surface area contributed by atoms with E-state index < -0.39 is 35.2 Å². The number of nitrogen functional groups attached to an aromatic ring is 2. The molecular formula is C21H20N6O7S2. The number of esters is 1. The molecule has 0 bridgehead atoms. The Bertz CT molecular complexity index is 1290. The van der Waals surface area contributed by atoms with Gasteiger partial charge in [-0.05, 0) is 24.3 Å². The van der Waals surface area contributed by atoms with Gasteiger partial charge in [0.25, 0.3) is 11.8 Å². The number of carbonyl (C=O) groups excluding carboxylic acids is 3. The van der Waals surface area contributed by atoms with Crippen molar-refractivity contribution in [3.8, 4) is 0 Å². The molecule has 1 aromatic carbocycles. The van der Waals surface area contributed by atoms with Gasteiger partial charge < -0.3 is 31.5 Å². The number of nitrogens with zero attached hydrogens (tertiary/aromatic N) is 3. The van der Waals surface area contributed by atoms with E-state index >= 15 is 0 Å². The van der Waals surface area contributed by atoms with Crippen LogP contribution in [0.1, 0.15) is 16.1 Å². The lowest BCUT2D eigenvalue weighted by molar-refractivity contribution is -0.150. The third kappa shape index (κ3) is 4.83. The number of nitrogens with one attached hydrogen (secondary N) is 1. The van der Waals surface area contributed by atoms with Crippen LogP contribution in [0.25, 0.3) is 0 Å². The summed E-state index contributed by atoms with van der Waals surface area (Å²) in [7, 11) is 1.25. The van der Waals surface area contributed by atoms with Crippen LogP contribution >= 0.6 is 23.1 Å². The Morgan fingerprint density at radius 3 is 2.61 bits per heavy atom. The zero-order valence-corrected chi connectivity index (χ0v) is 20.3. The molecule has 15 heteroatoms. The van der Waals surface area contributed by atoms with Crippen LogP contribution in [0.15, 0.2) is 46.1 Å². The normalized spacial score (nSPS) is 19.3. The molecule has 0 radical (unpaired) electrons. The lowest BCUT2D eigenvalue weighted by atomic mass is 10.0. The molecule has 2 atom stereocenters. The monoisotopic (exact) mass is 532 g/mol. The van der Waals surface area contributed by atoms with Crippen LogP contribution in [-0.2, 0) is 24.0 Å². The van der Waals surface area contributed by atoms with E-state index in [1.165, 1.54) is 36.4 Å². The molecule has 1 unspecified atom stereocenters. The van der Waals surface area contributed by atoms with Gasteiger partial charge in [0.15, 0.2) is 10.8 Å². The van der Waals surface area contributed by atoms with Gasteiger partial charge in [-0.1, -0.05) is 5.16 Å². The molecule has 0 spiro atoms. The molecule has 2 aliphatic rings. The molecule has 13 nitrogen and oxygen atoms in total. The van der Waals surface area contributed by atoms with Gasteiger partial charge in [-0.3, -0.25) is 14.5 Å². The van der Waals surface area contributed by atoms with Gasteiger partial charge in [-0.15, -0.1) is 23.1 Å². The van der Waals surface area contributed by atoms with Gasteiger partial charge in [-0.2, -0.15) is 0 Å². The molecule has 6 N–H and O–H groups in total. The number of amides is 2. The number of β-lactam (4-membered cyclic amide) rings is 1. The number of hydrogen-bond acceptors (Lipinski definition) is 12. The van der Waals surface area contributed by atoms with Crippen LogP contribution in [-0.4, -0.2) is 75.3 Å². The van der Waals surface area contributed by atoms with Crippen molar-refractivity contribution in [1.82, 2.24) is 15.2 Å². The summed E-state index contributed by atoms with van der Waals surface area (Å²) in [5.74, 6) is -3.21. The fraction of sp³-hybridized carbons (Fsp3) is 0.238. The number of carbonyl (C=O) groups is 4. The summed E-state index contributed by atoms with van der Waals surface area (Å²) in [5, 5.41) is 17.1. The van der Waals surface area contributed by atoms with E-state index in [-0.39, 0.29) is 45.7 Å². The number of anilines is 2. The average Bonchev–Trinajstić information content (AvgIpc) is 3.29. The maximum atomic E-state index is 12.9. The predicted molar refractivity (Wildman–Crippen MR) is 131 cm³/mol. The van der Waals surface area contributed by atoms with E-state index in [0.29, 0.717) is 5.69 Å². The molecular weight excluding hydrogens is 512 g/mol. The summed E-state index contributed by atoms with van der Waals surface area (Å²) >= 11 is 2.33. The van der Waals surface area contributed by atoms with Gasteiger partial charge >= 0.3 is 11.9 Å². The van der Waals surface area contributed by atoms with Crippen LogP contribution in [0.4, 0.5) is 10.8 Å². The van der Waals surface area contributed by atoms with E-state index in [0.717, 1.165) is 16.2 Å². The minimum Gasteiger partial charge on any atom is -0.477 e. The maximum Gasteiger partial charge on any atom is 0.352 e. The summed E-state index contributed by atoms with van der Waals surface area (Å²) in [6.07, 6.45) is 0. The Kier molecular flexibility index (Phi) is 7.12. The minimum absolute atomic E-state index is 0.166. The summed E-state index contributed by atoms with van der Waals surface area (Å²) in [4.78, 5) is 59.8. The smallest absolute Gasteiger partial charge is 0.352 e. The van der Waals surface area contributed by atoms with Gasteiger partial charge in [0, 0.05) is 22.4 Å². The second kappa shape index (κ2) is 10.2. The number of thiazole rings is 1. The topological polar surface area (TPSA) is 200 Å². The molecule has 0 saturated carbocycles. The number of benzene rings is 1. The SMILES string of the molecule is CON=C(C(=O)NC1C(=O)N2C(C(=O)O)=C(COC(=O)c3ccc(N)cc3)CS[C@H]12)c1csc(N)n1. The Labute approximate surface area is 212 Å². The first-order chi connectivity index (χ1) is 17.2. The number of aromatic nitrogens is 1. The first kappa shape index (κ1) is 25.0. The Morgan fingerprint density at radius 2 is 2.00 bits per heavy atom. The first-order valence-corrected chi connectivity index (χ1v) is 12.2. The predicted octanol–water partition coefficient (Wildman–Crippen LogP) is 0.254. The van der Waals surface area contributed by atoms with Gasteiger partial charge in [0.1, 0.15) is 36.5 Å². The van der Waals surface area contributed by atoms with E-state index in [9.17, 15) is 24.3 Å². The van der Waals surface area contributed by atoms with Crippen LogP contribution < -0.4 is 16.8 Å². The number of rotatable bonds is 8. The van der Waals surface area contributed by atoms with Crippen LogP contribution in [0.2, 0.25) is 0 Å². The number of aliphatic carboxylic acids is 1. The summed E-state index contributed by atoms with van der Waals surface area (Å²) in [5.41, 5.74) is 11.9. The number of oxime groups is 1. The summed E-state index contributed by atoms with van der Waals surface area (Å²) in [6, 6.07) is 5.05. The highest BCUT2D eigenvalue weighted by molar-refractivity contribution is 8.00. The highest BCUT2D eigenvalue weighted by Gasteiger charge is 2.54. The number of carboxylic acids is 1. The van der Waals surface area contributed by atoms with E-state index in [1.54, 1.807) is 12.1 Å². The zero-order chi connectivity index (χ0) is 26.0. The number of thioether (sulfide) groups is 1. The third-order valence-electron chi connectivity index (χ3n) is 5.22. The van der Waals surface area contributed by atoms with Crippen molar-refractivity contribution in [3.05, 3.63) is 52.2 Å². The lowest BCUT2D eigenvalue weighted by Gasteiger charge is -2.49. The molecule has 188 valence electrons. The Balaban J connectivity index is 1.46. The summed E-state index contributed by atoms with van der Waals surface area (Å²) in [6.45, 7) is -0.318. The fourth-order valence-electron chi connectivity index (χ4n) is 3.55. The zero-order valence-electron chi connectivity index (χ0n) is 18.7.